The number of carbonyl (C=O) groups excluding carboxylic acids is 3. The fraction of sp³-hybridized carbons (Fsp3) is 0.333. The molecule has 0 saturated carbocycles. The predicted octanol–water partition coefficient (Wildman–Crippen LogP) is 3.85. The van der Waals surface area contributed by atoms with Gasteiger partial charge in [0.1, 0.15) is 5.60 Å². The van der Waals surface area contributed by atoms with E-state index < -0.39 is 11.7 Å². The van der Waals surface area contributed by atoms with E-state index in [2.05, 4.69) is 15.6 Å². The number of hydrogen-bond donors (Lipinski definition) is 2. The first-order valence-corrected chi connectivity index (χ1v) is 10.0. The molecule has 3 rings (SSSR count). The first-order chi connectivity index (χ1) is 13.7. The standard InChI is InChI=1S/C21H23N3O4S/c1-21(2,3)28-20(27)24-19-23-11-13(29-19)9-17(25)15-8-12-6-5-7-16(22-4)14(12)10-18(15)26/h5-8,11,22H,9-10H2,1-4H3,(H,23,24,27). The highest BCUT2D eigenvalue weighted by atomic mass is 32.1. The first-order valence-electron chi connectivity index (χ1n) is 9.18. The lowest BCUT2D eigenvalue weighted by Crippen LogP contribution is -2.27. The highest BCUT2D eigenvalue weighted by molar-refractivity contribution is 7.15. The predicted molar refractivity (Wildman–Crippen MR) is 113 cm³/mol. The number of nitrogens with one attached hydrogen (secondary N) is 2. The average molecular weight is 413 g/mol. The summed E-state index contributed by atoms with van der Waals surface area (Å²) in [6.07, 6.45) is 2.82. The van der Waals surface area contributed by atoms with Crippen LogP contribution in [0.4, 0.5) is 15.6 Å². The third kappa shape index (κ3) is 5.08. The molecule has 0 spiro atoms. The maximum absolute atomic E-state index is 12.7. The summed E-state index contributed by atoms with van der Waals surface area (Å²) in [5, 5.41) is 5.97. The van der Waals surface area contributed by atoms with Crippen LogP contribution < -0.4 is 10.6 Å². The van der Waals surface area contributed by atoms with Crippen LogP contribution in [0.2, 0.25) is 0 Å². The molecule has 152 valence electrons. The van der Waals surface area contributed by atoms with Gasteiger partial charge in [-0.3, -0.25) is 14.9 Å². The normalized spacial score (nSPS) is 13.4. The third-order valence-electron chi connectivity index (χ3n) is 4.22. The number of allylic oxidation sites excluding steroid dienone is 1. The summed E-state index contributed by atoms with van der Waals surface area (Å²) in [7, 11) is 1.80. The Morgan fingerprint density at radius 2 is 2.03 bits per heavy atom. The topological polar surface area (TPSA) is 97.4 Å². The number of amides is 1. The van der Waals surface area contributed by atoms with Gasteiger partial charge in [-0.05, 0) is 44.0 Å². The number of aromatic nitrogens is 1. The summed E-state index contributed by atoms with van der Waals surface area (Å²) in [5.41, 5.74) is 2.24. The van der Waals surface area contributed by atoms with Crippen LogP contribution in [0.5, 0.6) is 0 Å². The van der Waals surface area contributed by atoms with Gasteiger partial charge in [0.25, 0.3) is 0 Å². The summed E-state index contributed by atoms with van der Waals surface area (Å²) >= 11 is 1.18. The van der Waals surface area contributed by atoms with Gasteiger partial charge in [-0.15, -0.1) is 11.3 Å². The fourth-order valence-electron chi connectivity index (χ4n) is 2.99. The van der Waals surface area contributed by atoms with Crippen LogP contribution in [0.3, 0.4) is 0 Å². The average Bonchev–Trinajstić information content (AvgIpc) is 3.05. The van der Waals surface area contributed by atoms with Gasteiger partial charge >= 0.3 is 6.09 Å². The zero-order valence-electron chi connectivity index (χ0n) is 16.8. The minimum absolute atomic E-state index is 0.0479. The molecule has 0 radical (unpaired) electrons. The van der Waals surface area contributed by atoms with E-state index in [1.165, 1.54) is 17.5 Å². The van der Waals surface area contributed by atoms with Crippen molar-refractivity contribution in [3.63, 3.8) is 0 Å². The molecule has 1 amide bonds. The Labute approximate surface area is 173 Å². The molecule has 2 aromatic rings. The largest absolute Gasteiger partial charge is 0.444 e. The minimum Gasteiger partial charge on any atom is -0.444 e. The number of rotatable bonds is 5. The van der Waals surface area contributed by atoms with Crippen molar-refractivity contribution in [2.45, 2.75) is 39.2 Å². The highest BCUT2D eigenvalue weighted by Crippen LogP contribution is 2.29. The number of ether oxygens (including phenoxy) is 1. The number of nitrogens with zero attached hydrogens (tertiary/aromatic N) is 1. The Hall–Kier alpha value is -3.00. The van der Waals surface area contributed by atoms with Crippen LogP contribution in [-0.2, 0) is 27.2 Å². The summed E-state index contributed by atoms with van der Waals surface area (Å²) in [6, 6.07) is 5.69. The summed E-state index contributed by atoms with van der Waals surface area (Å²) in [4.78, 5) is 41.8. The highest BCUT2D eigenvalue weighted by Gasteiger charge is 2.26. The van der Waals surface area contributed by atoms with Gasteiger partial charge in [0.2, 0.25) is 0 Å². The number of fused-ring (bicyclic) bond motifs is 1. The summed E-state index contributed by atoms with van der Waals surface area (Å²) < 4.78 is 5.18. The molecule has 1 heterocycles. The Morgan fingerprint density at radius 1 is 1.28 bits per heavy atom. The second-order valence-corrected chi connectivity index (χ2v) is 8.76. The van der Waals surface area contributed by atoms with Crippen molar-refractivity contribution in [1.82, 2.24) is 4.98 Å². The van der Waals surface area contributed by atoms with Gasteiger partial charge in [-0.25, -0.2) is 9.78 Å². The molecule has 8 heteroatoms. The van der Waals surface area contributed by atoms with Crippen LogP contribution in [-0.4, -0.2) is 35.3 Å². The van der Waals surface area contributed by atoms with Crippen molar-refractivity contribution < 1.29 is 19.1 Å². The van der Waals surface area contributed by atoms with Gasteiger partial charge in [0.15, 0.2) is 16.7 Å². The van der Waals surface area contributed by atoms with E-state index in [-0.39, 0.29) is 30.0 Å². The molecule has 1 aliphatic carbocycles. The van der Waals surface area contributed by atoms with Crippen molar-refractivity contribution in [2.75, 3.05) is 17.7 Å². The van der Waals surface area contributed by atoms with Crippen molar-refractivity contribution in [2.24, 2.45) is 0 Å². The number of carbonyl (C=O) groups is 3. The van der Waals surface area contributed by atoms with Crippen molar-refractivity contribution in [1.29, 1.82) is 0 Å². The van der Waals surface area contributed by atoms with Gasteiger partial charge in [0.05, 0.1) is 5.57 Å². The Kier molecular flexibility index (Phi) is 5.83. The molecular weight excluding hydrogens is 390 g/mol. The number of anilines is 2. The monoisotopic (exact) mass is 413 g/mol. The maximum atomic E-state index is 12.7. The van der Waals surface area contributed by atoms with E-state index in [0.717, 1.165) is 16.8 Å². The second kappa shape index (κ2) is 8.16. The minimum atomic E-state index is -0.614. The Balaban J connectivity index is 1.71. The smallest absolute Gasteiger partial charge is 0.413 e. The molecule has 1 aliphatic rings. The number of thiazole rings is 1. The lowest BCUT2D eigenvalue weighted by molar-refractivity contribution is -0.120. The van der Waals surface area contributed by atoms with Crippen LogP contribution in [0.25, 0.3) is 6.08 Å². The lowest BCUT2D eigenvalue weighted by atomic mass is 9.87. The lowest BCUT2D eigenvalue weighted by Gasteiger charge is -2.18. The zero-order chi connectivity index (χ0) is 21.2. The van der Waals surface area contributed by atoms with E-state index in [1.807, 2.05) is 18.2 Å². The van der Waals surface area contributed by atoms with E-state index in [9.17, 15) is 14.4 Å². The second-order valence-electron chi connectivity index (χ2n) is 7.64. The Bertz CT molecular complexity index is 1000. The van der Waals surface area contributed by atoms with Crippen molar-refractivity contribution >= 4 is 45.9 Å². The van der Waals surface area contributed by atoms with Crippen LogP contribution in [0.1, 0.15) is 36.8 Å². The molecule has 0 unspecified atom stereocenters. The number of Topliss-reactive ketones (excluding diaryl/α,β-unsaturated/α-hetero) is 2. The third-order valence-corrected chi connectivity index (χ3v) is 5.13. The summed E-state index contributed by atoms with van der Waals surface area (Å²) in [5.74, 6) is -0.454. The molecule has 29 heavy (non-hydrogen) atoms. The molecule has 0 bridgehead atoms. The van der Waals surface area contributed by atoms with E-state index in [4.69, 9.17) is 4.74 Å². The van der Waals surface area contributed by atoms with Crippen molar-refractivity contribution in [3.05, 3.63) is 46.0 Å². The SMILES string of the molecule is CNc1cccc2c1CC(=O)C(C(=O)Cc1cnc(NC(=O)OC(C)(C)C)s1)=C2. The van der Waals surface area contributed by atoms with E-state index >= 15 is 0 Å². The number of benzene rings is 1. The van der Waals surface area contributed by atoms with E-state index in [0.29, 0.717) is 10.0 Å². The zero-order valence-corrected chi connectivity index (χ0v) is 17.6. The molecule has 2 N–H and O–H groups in total. The van der Waals surface area contributed by atoms with Crippen LogP contribution in [0, 0.1) is 0 Å². The molecule has 0 fully saturated rings. The number of ketones is 2. The van der Waals surface area contributed by atoms with Crippen LogP contribution >= 0.6 is 11.3 Å². The first kappa shape index (κ1) is 20.7. The molecule has 1 aromatic carbocycles. The molecule has 0 saturated heterocycles. The molecule has 1 aromatic heterocycles. The maximum Gasteiger partial charge on any atom is 0.413 e. The summed E-state index contributed by atoms with van der Waals surface area (Å²) in [6.45, 7) is 5.31. The van der Waals surface area contributed by atoms with E-state index in [1.54, 1.807) is 33.9 Å². The molecule has 0 aliphatic heterocycles. The van der Waals surface area contributed by atoms with Gasteiger partial charge in [-0.2, -0.15) is 0 Å². The Morgan fingerprint density at radius 3 is 2.72 bits per heavy atom. The van der Waals surface area contributed by atoms with Gasteiger partial charge < -0.3 is 10.1 Å². The van der Waals surface area contributed by atoms with Gasteiger partial charge in [-0.1, -0.05) is 12.1 Å². The fourth-order valence-corrected chi connectivity index (χ4v) is 3.79. The number of hydrogen-bond acceptors (Lipinski definition) is 7. The molecule has 0 atom stereocenters. The molecular formula is C21H23N3O4S. The van der Waals surface area contributed by atoms with Gasteiger partial charge in [0, 0.05) is 36.7 Å². The van der Waals surface area contributed by atoms with Crippen molar-refractivity contribution in [3.8, 4) is 0 Å². The van der Waals surface area contributed by atoms with Crippen LogP contribution in [0.15, 0.2) is 30.0 Å². The molecule has 7 nitrogen and oxygen atoms in total. The quantitative estimate of drug-likeness (QED) is 0.723.